The van der Waals surface area contributed by atoms with E-state index < -0.39 is 0 Å². The van der Waals surface area contributed by atoms with Crippen molar-refractivity contribution in [2.24, 2.45) is 5.16 Å². The van der Waals surface area contributed by atoms with E-state index in [1.165, 1.54) is 27.8 Å². The van der Waals surface area contributed by atoms with Crippen molar-refractivity contribution in [1.82, 2.24) is 0 Å². The third kappa shape index (κ3) is 2.09. The molecule has 0 bridgehead atoms. The van der Waals surface area contributed by atoms with E-state index in [1.54, 1.807) is 0 Å². The second kappa shape index (κ2) is 4.62. The summed E-state index contributed by atoms with van der Waals surface area (Å²) < 4.78 is 0. The standard InChI is InChI=1S/C18H21NO/c1-12-9-16(10-13(2)14(12)3)18(4)11-17(19-20-18)15-7-5-6-8-15/h5-7,9-10H,8,11H2,1-4H3. The third-order valence-electron chi connectivity index (χ3n) is 4.54. The van der Waals surface area contributed by atoms with Crippen molar-refractivity contribution in [2.75, 3.05) is 0 Å². The maximum Gasteiger partial charge on any atom is 0.165 e. The number of aryl methyl sites for hydroxylation is 2. The van der Waals surface area contributed by atoms with Gasteiger partial charge >= 0.3 is 0 Å². The van der Waals surface area contributed by atoms with Gasteiger partial charge in [0.25, 0.3) is 0 Å². The maximum atomic E-state index is 5.82. The summed E-state index contributed by atoms with van der Waals surface area (Å²) in [6.07, 6.45) is 8.22. The van der Waals surface area contributed by atoms with Crippen LogP contribution in [0.1, 0.15) is 42.0 Å². The SMILES string of the molecule is Cc1cc(C2(C)CC(C3=CC=CC3)=NO2)cc(C)c1C. The van der Waals surface area contributed by atoms with Gasteiger partial charge in [0.2, 0.25) is 0 Å². The molecule has 0 radical (unpaired) electrons. The van der Waals surface area contributed by atoms with Gasteiger partial charge in [0.1, 0.15) is 0 Å². The van der Waals surface area contributed by atoms with Gasteiger partial charge in [-0.15, -0.1) is 0 Å². The maximum absolute atomic E-state index is 5.82. The smallest absolute Gasteiger partial charge is 0.165 e. The highest BCUT2D eigenvalue weighted by molar-refractivity contribution is 6.02. The molecular weight excluding hydrogens is 246 g/mol. The summed E-state index contributed by atoms with van der Waals surface area (Å²) in [5, 5.41) is 4.34. The highest BCUT2D eigenvalue weighted by atomic mass is 16.7. The molecule has 1 heterocycles. The van der Waals surface area contributed by atoms with Gasteiger partial charge < -0.3 is 4.84 Å². The predicted molar refractivity (Wildman–Crippen MR) is 83.0 cm³/mol. The molecule has 104 valence electrons. The molecule has 0 amide bonds. The Morgan fingerprint density at radius 3 is 2.45 bits per heavy atom. The van der Waals surface area contributed by atoms with Crippen molar-refractivity contribution in [1.29, 1.82) is 0 Å². The van der Waals surface area contributed by atoms with E-state index in [-0.39, 0.29) is 5.60 Å². The van der Waals surface area contributed by atoms with Crippen LogP contribution in [0.25, 0.3) is 0 Å². The molecule has 0 saturated carbocycles. The van der Waals surface area contributed by atoms with Crippen LogP contribution in [0.15, 0.2) is 41.1 Å². The molecule has 2 heteroatoms. The molecular formula is C18H21NO. The molecule has 1 aliphatic heterocycles. The van der Waals surface area contributed by atoms with Gasteiger partial charge in [-0.2, -0.15) is 0 Å². The molecule has 1 unspecified atom stereocenters. The van der Waals surface area contributed by atoms with Crippen LogP contribution in [0.5, 0.6) is 0 Å². The predicted octanol–water partition coefficient (Wildman–Crippen LogP) is 4.49. The summed E-state index contributed by atoms with van der Waals surface area (Å²) in [5.41, 5.74) is 7.27. The van der Waals surface area contributed by atoms with Gasteiger partial charge in [-0.3, -0.25) is 0 Å². The first-order valence-corrected chi connectivity index (χ1v) is 7.19. The fourth-order valence-electron chi connectivity index (χ4n) is 2.87. The molecule has 1 atom stereocenters. The van der Waals surface area contributed by atoms with Crippen molar-refractivity contribution in [2.45, 2.75) is 46.1 Å². The van der Waals surface area contributed by atoms with Gasteiger partial charge in [-0.05, 0) is 61.9 Å². The minimum Gasteiger partial charge on any atom is -0.384 e. The summed E-state index contributed by atoms with van der Waals surface area (Å²) in [7, 11) is 0. The summed E-state index contributed by atoms with van der Waals surface area (Å²) in [6, 6.07) is 4.48. The molecule has 0 N–H and O–H groups in total. The third-order valence-corrected chi connectivity index (χ3v) is 4.54. The molecule has 20 heavy (non-hydrogen) atoms. The van der Waals surface area contributed by atoms with E-state index in [0.717, 1.165) is 18.6 Å². The van der Waals surface area contributed by atoms with Gasteiger partial charge in [-0.25, -0.2) is 0 Å². The van der Waals surface area contributed by atoms with Crippen molar-refractivity contribution in [3.8, 4) is 0 Å². The molecule has 0 spiro atoms. The Morgan fingerprint density at radius 2 is 1.85 bits per heavy atom. The summed E-state index contributed by atoms with van der Waals surface area (Å²) in [5.74, 6) is 0. The highest BCUT2D eigenvalue weighted by Crippen LogP contribution is 2.38. The average molecular weight is 267 g/mol. The van der Waals surface area contributed by atoms with Crippen LogP contribution in [0.2, 0.25) is 0 Å². The van der Waals surface area contributed by atoms with Crippen molar-refractivity contribution >= 4 is 5.71 Å². The number of hydrogen-bond donors (Lipinski definition) is 0. The second-order valence-corrected chi connectivity index (χ2v) is 6.10. The Kier molecular flexibility index (Phi) is 3.04. The summed E-state index contributed by atoms with van der Waals surface area (Å²) >= 11 is 0. The zero-order chi connectivity index (χ0) is 14.3. The first kappa shape index (κ1) is 13.2. The van der Waals surface area contributed by atoms with E-state index >= 15 is 0 Å². The number of oxime groups is 1. The van der Waals surface area contributed by atoms with Gasteiger partial charge in [0.05, 0.1) is 5.71 Å². The molecule has 1 aliphatic carbocycles. The zero-order valence-corrected chi connectivity index (χ0v) is 12.7. The van der Waals surface area contributed by atoms with E-state index in [4.69, 9.17) is 4.84 Å². The fourth-order valence-corrected chi connectivity index (χ4v) is 2.87. The van der Waals surface area contributed by atoms with Crippen LogP contribution in [0.3, 0.4) is 0 Å². The molecule has 1 aromatic carbocycles. The van der Waals surface area contributed by atoms with Gasteiger partial charge in [-0.1, -0.05) is 35.5 Å². The van der Waals surface area contributed by atoms with E-state index in [2.05, 4.69) is 63.2 Å². The number of rotatable bonds is 2. The minimum absolute atomic E-state index is 0.331. The quantitative estimate of drug-likeness (QED) is 0.773. The zero-order valence-electron chi connectivity index (χ0n) is 12.7. The van der Waals surface area contributed by atoms with Crippen LogP contribution in [-0.2, 0) is 10.4 Å². The average Bonchev–Trinajstić information content (AvgIpc) is 3.05. The fraction of sp³-hybridized carbons (Fsp3) is 0.389. The Labute approximate surface area is 120 Å². The lowest BCUT2D eigenvalue weighted by molar-refractivity contribution is -0.00747. The van der Waals surface area contributed by atoms with E-state index in [9.17, 15) is 0 Å². The van der Waals surface area contributed by atoms with Crippen molar-refractivity contribution in [3.63, 3.8) is 0 Å². The monoisotopic (exact) mass is 267 g/mol. The first-order valence-electron chi connectivity index (χ1n) is 7.19. The second-order valence-electron chi connectivity index (χ2n) is 6.10. The summed E-state index contributed by atoms with van der Waals surface area (Å²) in [6.45, 7) is 8.63. The summed E-state index contributed by atoms with van der Waals surface area (Å²) in [4.78, 5) is 5.82. The number of nitrogens with zero attached hydrogens (tertiary/aromatic N) is 1. The highest BCUT2D eigenvalue weighted by Gasteiger charge is 2.37. The van der Waals surface area contributed by atoms with Crippen molar-refractivity contribution in [3.05, 3.63) is 58.2 Å². The number of benzene rings is 1. The normalized spacial score (nSPS) is 24.6. The molecule has 0 saturated heterocycles. The molecule has 3 rings (SSSR count). The Bertz CT molecular complexity index is 628. The first-order chi connectivity index (χ1) is 9.49. The largest absolute Gasteiger partial charge is 0.384 e. The van der Waals surface area contributed by atoms with Crippen molar-refractivity contribution < 1.29 is 4.84 Å². The Morgan fingerprint density at radius 1 is 1.15 bits per heavy atom. The lowest BCUT2D eigenvalue weighted by Gasteiger charge is -2.24. The molecule has 0 fully saturated rings. The lowest BCUT2D eigenvalue weighted by Crippen LogP contribution is -2.22. The topological polar surface area (TPSA) is 21.6 Å². The Balaban J connectivity index is 1.88. The van der Waals surface area contributed by atoms with Crippen LogP contribution in [0.4, 0.5) is 0 Å². The van der Waals surface area contributed by atoms with Gasteiger partial charge in [0, 0.05) is 6.42 Å². The number of allylic oxidation sites excluding steroid dienone is 4. The lowest BCUT2D eigenvalue weighted by atomic mass is 9.86. The number of hydrogen-bond acceptors (Lipinski definition) is 2. The van der Waals surface area contributed by atoms with Crippen LogP contribution >= 0.6 is 0 Å². The molecule has 0 aromatic heterocycles. The van der Waals surface area contributed by atoms with Gasteiger partial charge in [0.15, 0.2) is 5.60 Å². The molecule has 2 aliphatic rings. The molecule has 1 aromatic rings. The van der Waals surface area contributed by atoms with E-state index in [1.807, 2.05) is 0 Å². The van der Waals surface area contributed by atoms with Crippen LogP contribution in [0, 0.1) is 20.8 Å². The minimum atomic E-state index is -0.331. The van der Waals surface area contributed by atoms with Crippen LogP contribution < -0.4 is 0 Å². The van der Waals surface area contributed by atoms with Crippen LogP contribution in [-0.4, -0.2) is 5.71 Å². The Hall–Kier alpha value is -1.83. The van der Waals surface area contributed by atoms with E-state index in [0.29, 0.717) is 0 Å². The molecule has 2 nitrogen and oxygen atoms in total.